The molecule has 1 heterocycles. The third kappa shape index (κ3) is 6.90. The second-order valence-electron chi connectivity index (χ2n) is 8.71. The van der Waals surface area contributed by atoms with Gasteiger partial charge in [0.15, 0.2) is 5.03 Å². The van der Waals surface area contributed by atoms with E-state index >= 15 is 0 Å². The Balaban J connectivity index is 1.68. The van der Waals surface area contributed by atoms with Gasteiger partial charge in [0.1, 0.15) is 5.60 Å². The Hall–Kier alpha value is -3.17. The van der Waals surface area contributed by atoms with Crippen LogP contribution in [0.1, 0.15) is 36.7 Å². The van der Waals surface area contributed by atoms with E-state index in [9.17, 15) is 13.2 Å². The highest BCUT2D eigenvalue weighted by Gasteiger charge is 2.26. The number of hydrogen-bond donors (Lipinski definition) is 1. The molecular weight excluding hydrogens is 440 g/mol. The monoisotopic (exact) mass is 470 g/mol. The van der Waals surface area contributed by atoms with E-state index in [1.807, 2.05) is 51.1 Å². The van der Waals surface area contributed by atoms with Gasteiger partial charge in [-0.05, 0) is 50.6 Å². The molecule has 2 aromatic carbocycles. The number of carbonyl (C=O) groups excluding carboxylic acids is 1. The Morgan fingerprint density at radius 2 is 1.76 bits per heavy atom. The number of esters is 1. The van der Waals surface area contributed by atoms with Gasteiger partial charge in [0.2, 0.25) is 0 Å². The van der Waals surface area contributed by atoms with Crippen LogP contribution in [0.3, 0.4) is 0 Å². The average Bonchev–Trinajstić information content (AvgIpc) is 3.20. The molecule has 9 heteroatoms. The largest absolute Gasteiger partial charge is 0.456 e. The number of sulfonamides is 1. The molecule has 1 N–H and O–H groups in total. The zero-order valence-electron chi connectivity index (χ0n) is 19.4. The molecule has 0 fully saturated rings. The fourth-order valence-corrected chi connectivity index (χ4v) is 4.51. The number of benzene rings is 2. The molecule has 1 aromatic heterocycles. The summed E-state index contributed by atoms with van der Waals surface area (Å²) in [6.45, 7) is 6.31. The number of anilines is 1. The minimum Gasteiger partial charge on any atom is -0.456 e. The number of ether oxygens (including phenoxy) is 1. The first-order valence-corrected chi connectivity index (χ1v) is 12.1. The Labute approximate surface area is 195 Å². The van der Waals surface area contributed by atoms with Gasteiger partial charge in [-0.2, -0.15) is 4.31 Å². The molecule has 0 bridgehead atoms. The molecule has 176 valence electrons. The zero-order valence-corrected chi connectivity index (χ0v) is 20.2. The summed E-state index contributed by atoms with van der Waals surface area (Å²) in [6, 6.07) is 16.3. The van der Waals surface area contributed by atoms with Crippen LogP contribution in [0.25, 0.3) is 0 Å². The van der Waals surface area contributed by atoms with Gasteiger partial charge in [-0.3, -0.25) is 0 Å². The Morgan fingerprint density at radius 3 is 2.33 bits per heavy atom. The van der Waals surface area contributed by atoms with Crippen molar-refractivity contribution in [2.45, 2.75) is 37.9 Å². The van der Waals surface area contributed by atoms with Crippen LogP contribution >= 0.6 is 0 Å². The normalized spacial score (nSPS) is 12.0. The SMILES string of the molecule is Cn1cnc(S(=O)(=O)N(CCNc2ccc(C(=O)OC(C)(C)C)cc2)Cc2ccccc2)c1. The van der Waals surface area contributed by atoms with Gasteiger partial charge in [-0.1, -0.05) is 30.3 Å². The van der Waals surface area contributed by atoms with Crippen LogP contribution in [0.2, 0.25) is 0 Å². The summed E-state index contributed by atoms with van der Waals surface area (Å²) in [6.07, 6.45) is 2.97. The summed E-state index contributed by atoms with van der Waals surface area (Å²) < 4.78 is 34.8. The highest BCUT2D eigenvalue weighted by molar-refractivity contribution is 7.89. The summed E-state index contributed by atoms with van der Waals surface area (Å²) in [5.41, 5.74) is 1.56. The molecule has 0 aliphatic heterocycles. The quantitative estimate of drug-likeness (QED) is 0.480. The van der Waals surface area contributed by atoms with Crippen LogP contribution in [0, 0.1) is 0 Å². The van der Waals surface area contributed by atoms with Gasteiger partial charge < -0.3 is 14.6 Å². The number of carbonyl (C=O) groups is 1. The van der Waals surface area contributed by atoms with Crippen LogP contribution in [-0.2, 0) is 28.4 Å². The van der Waals surface area contributed by atoms with Gasteiger partial charge in [0.05, 0.1) is 11.9 Å². The molecule has 0 saturated carbocycles. The molecule has 0 atom stereocenters. The molecule has 8 nitrogen and oxygen atoms in total. The van der Waals surface area contributed by atoms with E-state index in [0.29, 0.717) is 12.1 Å². The van der Waals surface area contributed by atoms with Gasteiger partial charge in [-0.15, -0.1) is 0 Å². The lowest BCUT2D eigenvalue weighted by Crippen LogP contribution is -2.35. The predicted octanol–water partition coefficient (Wildman–Crippen LogP) is 3.68. The first-order valence-electron chi connectivity index (χ1n) is 10.6. The lowest BCUT2D eigenvalue weighted by Gasteiger charge is -2.22. The molecule has 3 rings (SSSR count). The van der Waals surface area contributed by atoms with Crippen LogP contribution in [0.15, 0.2) is 72.1 Å². The van der Waals surface area contributed by atoms with Gasteiger partial charge >= 0.3 is 5.97 Å². The molecule has 0 unspecified atom stereocenters. The molecule has 3 aromatic rings. The van der Waals surface area contributed by atoms with Crippen molar-refractivity contribution in [1.29, 1.82) is 0 Å². The first kappa shape index (κ1) is 24.5. The molecule has 0 aliphatic carbocycles. The van der Waals surface area contributed by atoms with Crippen molar-refractivity contribution >= 4 is 21.7 Å². The standard InChI is InChI=1S/C24H30N4O4S/c1-24(2,3)32-23(29)20-10-12-21(13-11-20)25-14-15-28(16-19-8-6-5-7-9-19)33(30,31)22-17-27(4)18-26-22/h5-13,17-18,25H,14-16H2,1-4H3. The number of aryl methyl sites for hydroxylation is 1. The molecule has 0 radical (unpaired) electrons. The van der Waals surface area contributed by atoms with E-state index in [0.717, 1.165) is 11.3 Å². The van der Waals surface area contributed by atoms with Crippen LogP contribution in [0.5, 0.6) is 0 Å². The van der Waals surface area contributed by atoms with Crippen molar-refractivity contribution in [3.63, 3.8) is 0 Å². The highest BCUT2D eigenvalue weighted by atomic mass is 32.2. The molecule has 33 heavy (non-hydrogen) atoms. The van der Waals surface area contributed by atoms with E-state index < -0.39 is 15.6 Å². The van der Waals surface area contributed by atoms with E-state index in [4.69, 9.17) is 4.74 Å². The van der Waals surface area contributed by atoms with Gasteiger partial charge in [0.25, 0.3) is 10.0 Å². The fraction of sp³-hybridized carbons (Fsp3) is 0.333. The van der Waals surface area contributed by atoms with Crippen LogP contribution in [0.4, 0.5) is 5.69 Å². The van der Waals surface area contributed by atoms with Crippen LogP contribution < -0.4 is 5.32 Å². The van der Waals surface area contributed by atoms with Crippen molar-refractivity contribution in [3.8, 4) is 0 Å². The van der Waals surface area contributed by atoms with Gasteiger partial charge in [-0.25, -0.2) is 18.2 Å². The number of hydrogen-bond acceptors (Lipinski definition) is 6. The van der Waals surface area contributed by atoms with E-state index in [1.165, 1.54) is 16.8 Å². The van der Waals surface area contributed by atoms with Crippen LogP contribution in [-0.4, -0.2) is 46.9 Å². The molecule has 0 spiro atoms. The van der Waals surface area contributed by atoms with Crippen molar-refractivity contribution in [3.05, 3.63) is 78.2 Å². The second kappa shape index (κ2) is 10.2. The second-order valence-corrected chi connectivity index (χ2v) is 10.6. The number of nitrogens with zero attached hydrogens (tertiary/aromatic N) is 3. The zero-order chi connectivity index (χ0) is 24.1. The lowest BCUT2D eigenvalue weighted by atomic mass is 10.1. The van der Waals surface area contributed by atoms with Gasteiger partial charge in [0, 0.05) is 38.6 Å². The lowest BCUT2D eigenvalue weighted by molar-refractivity contribution is 0.00695. The number of nitrogens with one attached hydrogen (secondary N) is 1. The Morgan fingerprint density at radius 1 is 1.09 bits per heavy atom. The summed E-state index contributed by atoms with van der Waals surface area (Å²) in [5.74, 6) is -0.385. The summed E-state index contributed by atoms with van der Waals surface area (Å²) in [4.78, 5) is 16.2. The maximum Gasteiger partial charge on any atom is 0.338 e. The Kier molecular flexibility index (Phi) is 7.55. The maximum atomic E-state index is 13.2. The minimum atomic E-state index is -3.77. The molecule has 0 aliphatic rings. The summed E-state index contributed by atoms with van der Waals surface area (Å²) >= 11 is 0. The predicted molar refractivity (Wildman–Crippen MR) is 127 cm³/mol. The van der Waals surface area contributed by atoms with E-state index in [1.54, 1.807) is 35.9 Å². The highest BCUT2D eigenvalue weighted by Crippen LogP contribution is 2.18. The molecule has 0 amide bonds. The first-order chi connectivity index (χ1) is 15.5. The van der Waals surface area contributed by atoms with Crippen molar-refractivity contribution < 1.29 is 17.9 Å². The average molecular weight is 471 g/mol. The molecule has 0 saturated heterocycles. The van der Waals surface area contributed by atoms with Crippen molar-refractivity contribution in [2.24, 2.45) is 7.05 Å². The van der Waals surface area contributed by atoms with Crippen molar-refractivity contribution in [2.75, 3.05) is 18.4 Å². The number of imidazole rings is 1. The van der Waals surface area contributed by atoms with E-state index in [-0.39, 0.29) is 24.1 Å². The Bertz CT molecular complexity index is 1170. The van der Waals surface area contributed by atoms with E-state index in [2.05, 4.69) is 10.3 Å². The molecular formula is C24H30N4O4S. The third-order valence-electron chi connectivity index (χ3n) is 4.70. The minimum absolute atomic E-state index is 0.0163. The number of aromatic nitrogens is 2. The third-order valence-corrected chi connectivity index (χ3v) is 6.43. The smallest absolute Gasteiger partial charge is 0.338 e. The maximum absolute atomic E-state index is 13.2. The number of rotatable bonds is 9. The summed E-state index contributed by atoms with van der Waals surface area (Å²) in [7, 11) is -2.04. The summed E-state index contributed by atoms with van der Waals surface area (Å²) in [5, 5.41) is 3.24. The van der Waals surface area contributed by atoms with Crippen molar-refractivity contribution in [1.82, 2.24) is 13.9 Å². The topological polar surface area (TPSA) is 93.5 Å². The fourth-order valence-electron chi connectivity index (χ4n) is 3.11.